The van der Waals surface area contributed by atoms with Crippen molar-refractivity contribution in [2.75, 3.05) is 0 Å². The van der Waals surface area contributed by atoms with Crippen LogP contribution in [-0.2, 0) is 0 Å². The van der Waals surface area contributed by atoms with E-state index in [1.54, 1.807) is 0 Å². The van der Waals surface area contributed by atoms with Crippen molar-refractivity contribution in [3.05, 3.63) is 47.0 Å². The van der Waals surface area contributed by atoms with Gasteiger partial charge >= 0.3 is 0 Å². The topological polar surface area (TPSA) is 0 Å². The van der Waals surface area contributed by atoms with Crippen LogP contribution < -0.4 is 0 Å². The fourth-order valence-corrected chi connectivity index (χ4v) is 1.61. The number of hydrogen-bond donors (Lipinski definition) is 0. The highest BCUT2D eigenvalue weighted by atomic mass is 35.5. The highest BCUT2D eigenvalue weighted by Crippen LogP contribution is 2.23. The van der Waals surface area contributed by atoms with Crippen molar-refractivity contribution in [2.24, 2.45) is 0 Å². The van der Waals surface area contributed by atoms with Gasteiger partial charge in [-0.2, -0.15) is 0 Å². The molecular formula is C11H9Cl. The lowest BCUT2D eigenvalue weighted by Crippen LogP contribution is -1.75. The van der Waals surface area contributed by atoms with E-state index >= 15 is 0 Å². The van der Waals surface area contributed by atoms with Gasteiger partial charge in [0, 0.05) is 10.4 Å². The maximum absolute atomic E-state index is 6.01. The Hall–Kier alpha value is -1.01. The van der Waals surface area contributed by atoms with Gasteiger partial charge in [0.25, 0.3) is 0 Å². The first-order valence-corrected chi connectivity index (χ1v) is 4.30. The third-order valence-electron chi connectivity index (χ3n) is 1.98. The first-order chi connectivity index (χ1) is 5.77. The standard InChI is InChI=1S/C11H9Cl/c1-8-5-6-10-9(7-8)3-2-4-11(10)12/h2-7H,1H3. The van der Waals surface area contributed by atoms with Crippen molar-refractivity contribution < 1.29 is 0 Å². The molecule has 0 aliphatic heterocycles. The van der Waals surface area contributed by atoms with E-state index in [-0.39, 0.29) is 0 Å². The van der Waals surface area contributed by atoms with E-state index in [0.717, 1.165) is 10.4 Å². The Balaban J connectivity index is 2.86. The van der Waals surface area contributed by atoms with Crippen LogP contribution in [0.25, 0.3) is 10.8 Å². The molecule has 0 N–H and O–H groups in total. The third kappa shape index (κ3) is 1.19. The van der Waals surface area contributed by atoms with Crippen LogP contribution in [0.1, 0.15) is 5.56 Å². The first-order valence-electron chi connectivity index (χ1n) is 3.92. The zero-order chi connectivity index (χ0) is 8.55. The van der Waals surface area contributed by atoms with Crippen LogP contribution in [0.2, 0.25) is 5.02 Å². The van der Waals surface area contributed by atoms with Gasteiger partial charge in [0.1, 0.15) is 0 Å². The van der Waals surface area contributed by atoms with Gasteiger partial charge in [0.15, 0.2) is 0 Å². The first kappa shape index (κ1) is 7.63. The van der Waals surface area contributed by atoms with Crippen LogP contribution in [0, 0.1) is 6.92 Å². The summed E-state index contributed by atoms with van der Waals surface area (Å²) in [6, 6.07) is 12.2. The summed E-state index contributed by atoms with van der Waals surface area (Å²) in [4.78, 5) is 0. The molecule has 0 amide bonds. The minimum absolute atomic E-state index is 0.826. The van der Waals surface area contributed by atoms with Crippen LogP contribution in [-0.4, -0.2) is 0 Å². The summed E-state index contributed by atoms with van der Waals surface area (Å²) < 4.78 is 0. The molecule has 0 fully saturated rings. The second-order valence-corrected chi connectivity index (χ2v) is 3.37. The number of benzene rings is 2. The lowest BCUT2D eigenvalue weighted by molar-refractivity contribution is 1.51. The van der Waals surface area contributed by atoms with E-state index in [9.17, 15) is 0 Å². The molecule has 0 saturated carbocycles. The Morgan fingerprint density at radius 3 is 2.75 bits per heavy atom. The fraction of sp³-hybridized carbons (Fsp3) is 0.0909. The Labute approximate surface area is 76.8 Å². The summed E-state index contributed by atoms with van der Waals surface area (Å²) in [5.74, 6) is 0. The minimum atomic E-state index is 0.826. The van der Waals surface area contributed by atoms with Gasteiger partial charge < -0.3 is 0 Å². The highest BCUT2D eigenvalue weighted by Gasteiger charge is 1.96. The third-order valence-corrected chi connectivity index (χ3v) is 2.31. The molecule has 0 spiro atoms. The predicted octanol–water partition coefficient (Wildman–Crippen LogP) is 3.80. The van der Waals surface area contributed by atoms with Gasteiger partial charge in [-0.3, -0.25) is 0 Å². The molecule has 0 heterocycles. The van der Waals surface area contributed by atoms with Crippen LogP contribution in [0.5, 0.6) is 0 Å². The molecule has 0 radical (unpaired) electrons. The van der Waals surface area contributed by atoms with E-state index in [4.69, 9.17) is 11.6 Å². The van der Waals surface area contributed by atoms with Gasteiger partial charge in [-0.15, -0.1) is 0 Å². The van der Waals surface area contributed by atoms with Gasteiger partial charge in [-0.1, -0.05) is 47.5 Å². The SMILES string of the molecule is Cc1ccc2c(Cl)cccc2c1. The number of aryl methyl sites for hydroxylation is 1. The zero-order valence-corrected chi connectivity index (χ0v) is 7.60. The van der Waals surface area contributed by atoms with Gasteiger partial charge in [0.2, 0.25) is 0 Å². The van der Waals surface area contributed by atoms with Crippen molar-refractivity contribution in [1.29, 1.82) is 0 Å². The van der Waals surface area contributed by atoms with Gasteiger partial charge in [-0.25, -0.2) is 0 Å². The maximum Gasteiger partial charge on any atom is 0.0484 e. The van der Waals surface area contributed by atoms with Crippen LogP contribution >= 0.6 is 11.6 Å². The van der Waals surface area contributed by atoms with Crippen molar-refractivity contribution in [1.82, 2.24) is 0 Å². The number of halogens is 1. The minimum Gasteiger partial charge on any atom is -0.0837 e. The molecule has 0 nitrogen and oxygen atoms in total. The summed E-state index contributed by atoms with van der Waals surface area (Å²) in [7, 11) is 0. The monoisotopic (exact) mass is 176 g/mol. The quantitative estimate of drug-likeness (QED) is 0.573. The maximum atomic E-state index is 6.01. The van der Waals surface area contributed by atoms with Crippen LogP contribution in [0.4, 0.5) is 0 Å². The Morgan fingerprint density at radius 2 is 1.92 bits per heavy atom. The summed E-state index contributed by atoms with van der Waals surface area (Å²) in [5, 5.41) is 3.17. The molecule has 12 heavy (non-hydrogen) atoms. The fourth-order valence-electron chi connectivity index (χ4n) is 1.36. The van der Waals surface area contributed by atoms with Crippen LogP contribution in [0.3, 0.4) is 0 Å². The van der Waals surface area contributed by atoms with Crippen LogP contribution in [0.15, 0.2) is 36.4 Å². The normalized spacial score (nSPS) is 10.5. The number of rotatable bonds is 0. The Kier molecular flexibility index (Phi) is 1.78. The lowest BCUT2D eigenvalue weighted by atomic mass is 10.1. The molecule has 0 saturated heterocycles. The lowest BCUT2D eigenvalue weighted by Gasteiger charge is -2.00. The molecule has 0 aromatic heterocycles. The Bertz CT molecular complexity index is 418. The largest absolute Gasteiger partial charge is 0.0837 e. The number of fused-ring (bicyclic) bond motifs is 1. The molecule has 0 atom stereocenters. The second-order valence-electron chi connectivity index (χ2n) is 2.96. The number of hydrogen-bond acceptors (Lipinski definition) is 0. The summed E-state index contributed by atoms with van der Waals surface area (Å²) in [6.45, 7) is 2.08. The van der Waals surface area contributed by atoms with Gasteiger partial charge in [0.05, 0.1) is 0 Å². The van der Waals surface area contributed by atoms with Crippen molar-refractivity contribution >= 4 is 22.4 Å². The molecule has 2 rings (SSSR count). The summed E-state index contributed by atoms with van der Waals surface area (Å²) in [6.07, 6.45) is 0. The predicted molar refractivity (Wildman–Crippen MR) is 53.7 cm³/mol. The average molecular weight is 177 g/mol. The van der Waals surface area contributed by atoms with E-state index < -0.39 is 0 Å². The van der Waals surface area contributed by atoms with E-state index in [1.807, 2.05) is 12.1 Å². The average Bonchev–Trinajstić information content (AvgIpc) is 2.04. The molecule has 2 aromatic rings. The molecular weight excluding hydrogens is 168 g/mol. The van der Waals surface area contributed by atoms with Gasteiger partial charge in [-0.05, 0) is 18.4 Å². The summed E-state index contributed by atoms with van der Waals surface area (Å²) >= 11 is 6.01. The van der Waals surface area contributed by atoms with E-state index in [1.165, 1.54) is 10.9 Å². The summed E-state index contributed by atoms with van der Waals surface area (Å²) in [5.41, 5.74) is 1.27. The van der Waals surface area contributed by atoms with Crippen molar-refractivity contribution in [3.8, 4) is 0 Å². The molecule has 0 aliphatic carbocycles. The smallest absolute Gasteiger partial charge is 0.0484 e. The molecule has 60 valence electrons. The van der Waals surface area contributed by atoms with E-state index in [0.29, 0.717) is 0 Å². The highest BCUT2D eigenvalue weighted by molar-refractivity contribution is 6.35. The molecule has 2 aromatic carbocycles. The molecule has 0 aliphatic rings. The molecule has 0 unspecified atom stereocenters. The zero-order valence-electron chi connectivity index (χ0n) is 6.84. The van der Waals surface area contributed by atoms with E-state index in [2.05, 4.69) is 31.2 Å². The van der Waals surface area contributed by atoms with Crippen molar-refractivity contribution in [3.63, 3.8) is 0 Å². The van der Waals surface area contributed by atoms with Crippen molar-refractivity contribution in [2.45, 2.75) is 6.92 Å². The second kappa shape index (κ2) is 2.80. The molecule has 0 bridgehead atoms. The molecule has 1 heteroatoms. The Morgan fingerprint density at radius 1 is 1.08 bits per heavy atom.